The minimum absolute atomic E-state index is 0.254. The van der Waals surface area contributed by atoms with Crippen LogP contribution in [-0.4, -0.2) is 44.8 Å². The molecule has 2 aromatic carbocycles. The maximum Gasteiger partial charge on any atom is 0.418 e. The molecule has 3 rings (SSSR count). The summed E-state index contributed by atoms with van der Waals surface area (Å²) in [5.74, 6) is -0.580. The van der Waals surface area contributed by atoms with Crippen LogP contribution in [0.15, 0.2) is 42.5 Å². The van der Waals surface area contributed by atoms with Gasteiger partial charge in [-0.3, -0.25) is 4.79 Å². The number of carbonyl (C=O) groups is 1. The van der Waals surface area contributed by atoms with Crippen molar-refractivity contribution in [3.05, 3.63) is 53.6 Å². The molecule has 0 atom stereocenters. The molecule has 0 unspecified atom stereocenters. The van der Waals surface area contributed by atoms with E-state index in [1.54, 1.807) is 18.2 Å². The lowest BCUT2D eigenvalue weighted by Gasteiger charge is -2.29. The molecule has 1 amide bonds. The Balaban J connectivity index is 1.81. The van der Waals surface area contributed by atoms with E-state index in [0.29, 0.717) is 43.6 Å². The third kappa shape index (κ3) is 5.50. The van der Waals surface area contributed by atoms with Crippen molar-refractivity contribution in [1.29, 1.82) is 0 Å². The Labute approximate surface area is 180 Å². The highest BCUT2D eigenvalue weighted by atomic mass is 19.4. The third-order valence-electron chi connectivity index (χ3n) is 5.36. The molecule has 2 aromatic rings. The molecule has 0 spiro atoms. The van der Waals surface area contributed by atoms with Gasteiger partial charge in [0.25, 0.3) is 5.91 Å². The van der Waals surface area contributed by atoms with Crippen molar-refractivity contribution in [3.63, 3.8) is 0 Å². The maximum absolute atomic E-state index is 13.7. The van der Waals surface area contributed by atoms with Gasteiger partial charge in [0.2, 0.25) is 0 Å². The van der Waals surface area contributed by atoms with E-state index in [1.807, 2.05) is 24.0 Å². The fourth-order valence-corrected chi connectivity index (χ4v) is 3.74. The molecule has 8 heteroatoms. The van der Waals surface area contributed by atoms with E-state index >= 15 is 0 Å². The second kappa shape index (κ2) is 9.60. The molecular weight excluding hydrogens is 407 g/mol. The summed E-state index contributed by atoms with van der Waals surface area (Å²) in [4.78, 5) is 16.7. The zero-order valence-corrected chi connectivity index (χ0v) is 18.0. The van der Waals surface area contributed by atoms with Gasteiger partial charge in [-0.2, -0.15) is 13.2 Å². The Morgan fingerprint density at radius 3 is 2.32 bits per heavy atom. The molecule has 0 saturated carbocycles. The van der Waals surface area contributed by atoms with Crippen molar-refractivity contribution >= 4 is 23.0 Å². The van der Waals surface area contributed by atoms with Crippen LogP contribution in [0.3, 0.4) is 0 Å². The number of amides is 1. The normalized spacial score (nSPS) is 14.6. The zero-order chi connectivity index (χ0) is 22.6. The molecule has 0 bridgehead atoms. The number of hydrogen-bond donors (Lipinski definition) is 1. The van der Waals surface area contributed by atoms with Gasteiger partial charge in [0.05, 0.1) is 24.5 Å². The number of rotatable bonds is 6. The van der Waals surface area contributed by atoms with Crippen molar-refractivity contribution < 1.29 is 22.7 Å². The summed E-state index contributed by atoms with van der Waals surface area (Å²) in [6.07, 6.45) is -4.59. The maximum atomic E-state index is 13.7. The first-order valence-electron chi connectivity index (χ1n) is 10.4. The Morgan fingerprint density at radius 1 is 1.13 bits per heavy atom. The van der Waals surface area contributed by atoms with E-state index in [-0.39, 0.29) is 5.69 Å². The van der Waals surface area contributed by atoms with Gasteiger partial charge in [0.1, 0.15) is 0 Å². The minimum atomic E-state index is -4.59. The first-order valence-corrected chi connectivity index (χ1v) is 10.4. The van der Waals surface area contributed by atoms with Crippen LogP contribution in [0.25, 0.3) is 0 Å². The van der Waals surface area contributed by atoms with Crippen LogP contribution in [0.5, 0.6) is 0 Å². The Kier molecular flexibility index (Phi) is 7.10. The van der Waals surface area contributed by atoms with Gasteiger partial charge in [-0.1, -0.05) is 0 Å². The Morgan fingerprint density at radius 2 is 1.77 bits per heavy atom. The predicted molar refractivity (Wildman–Crippen MR) is 117 cm³/mol. The molecule has 1 aliphatic rings. The standard InChI is InChI=1S/C23H28F3N3O2/c1-4-29(16(2)3)18-7-5-17(6-8-18)22(30)27-21-10-9-19(15-20(21)23(24,25)26)28-11-13-31-14-12-28/h5-10,15-16H,4,11-14H2,1-3H3,(H,27,30). The zero-order valence-electron chi connectivity index (χ0n) is 18.0. The highest BCUT2D eigenvalue weighted by Gasteiger charge is 2.35. The Bertz CT molecular complexity index is 892. The van der Waals surface area contributed by atoms with Crippen LogP contribution >= 0.6 is 0 Å². The molecular formula is C23H28F3N3O2. The number of alkyl halides is 3. The first-order chi connectivity index (χ1) is 14.7. The number of nitrogens with zero attached hydrogens (tertiary/aromatic N) is 2. The lowest BCUT2D eigenvalue weighted by Crippen LogP contribution is -2.36. The predicted octanol–water partition coefficient (Wildman–Crippen LogP) is 5.03. The SMILES string of the molecule is CCN(c1ccc(C(=O)Nc2ccc(N3CCOCC3)cc2C(F)(F)F)cc1)C(C)C. The third-order valence-corrected chi connectivity index (χ3v) is 5.36. The summed E-state index contributed by atoms with van der Waals surface area (Å²) in [6, 6.07) is 11.2. The van der Waals surface area contributed by atoms with E-state index in [1.165, 1.54) is 6.07 Å². The number of carbonyl (C=O) groups excluding carboxylic acids is 1. The smallest absolute Gasteiger partial charge is 0.378 e. The van der Waals surface area contributed by atoms with Crippen LogP contribution in [0.1, 0.15) is 36.7 Å². The summed E-state index contributed by atoms with van der Waals surface area (Å²) in [6.45, 7) is 9.01. The summed E-state index contributed by atoms with van der Waals surface area (Å²) in [7, 11) is 0. The Hall–Kier alpha value is -2.74. The quantitative estimate of drug-likeness (QED) is 0.691. The van der Waals surface area contributed by atoms with Crippen LogP contribution in [-0.2, 0) is 10.9 Å². The monoisotopic (exact) mass is 435 g/mol. The lowest BCUT2D eigenvalue weighted by atomic mass is 10.1. The molecule has 0 radical (unpaired) electrons. The summed E-state index contributed by atoms with van der Waals surface area (Å²) >= 11 is 0. The van der Waals surface area contributed by atoms with Crippen molar-refractivity contribution in [2.24, 2.45) is 0 Å². The van der Waals surface area contributed by atoms with Crippen LogP contribution in [0.2, 0.25) is 0 Å². The molecule has 1 heterocycles. The van der Waals surface area contributed by atoms with E-state index in [9.17, 15) is 18.0 Å². The molecule has 1 fully saturated rings. The molecule has 1 N–H and O–H groups in total. The molecule has 0 aromatic heterocycles. The molecule has 1 aliphatic heterocycles. The number of hydrogen-bond acceptors (Lipinski definition) is 4. The largest absolute Gasteiger partial charge is 0.418 e. The van der Waals surface area contributed by atoms with E-state index in [4.69, 9.17) is 4.74 Å². The fourth-order valence-electron chi connectivity index (χ4n) is 3.74. The van der Waals surface area contributed by atoms with Gasteiger partial charge in [-0.15, -0.1) is 0 Å². The van der Waals surface area contributed by atoms with E-state index in [2.05, 4.69) is 24.1 Å². The number of benzene rings is 2. The molecule has 168 valence electrons. The van der Waals surface area contributed by atoms with Gasteiger partial charge in [0.15, 0.2) is 0 Å². The van der Waals surface area contributed by atoms with E-state index < -0.39 is 17.6 Å². The fraction of sp³-hybridized carbons (Fsp3) is 0.435. The number of morpholine rings is 1. The summed E-state index contributed by atoms with van der Waals surface area (Å²) in [5.41, 5.74) is 0.606. The average molecular weight is 435 g/mol. The van der Waals surface area contributed by atoms with E-state index in [0.717, 1.165) is 18.3 Å². The van der Waals surface area contributed by atoms with Gasteiger partial charge in [0, 0.05) is 42.6 Å². The highest BCUT2D eigenvalue weighted by molar-refractivity contribution is 6.05. The van der Waals surface area contributed by atoms with Crippen molar-refractivity contribution in [1.82, 2.24) is 0 Å². The van der Waals surface area contributed by atoms with Crippen molar-refractivity contribution in [2.75, 3.05) is 48.0 Å². The lowest BCUT2D eigenvalue weighted by molar-refractivity contribution is -0.136. The molecule has 1 saturated heterocycles. The average Bonchev–Trinajstić information content (AvgIpc) is 2.74. The number of ether oxygens (including phenoxy) is 1. The number of anilines is 3. The van der Waals surface area contributed by atoms with Gasteiger partial charge >= 0.3 is 6.18 Å². The molecule has 5 nitrogen and oxygen atoms in total. The first kappa shape index (κ1) is 22.9. The van der Waals surface area contributed by atoms with Crippen molar-refractivity contribution in [3.8, 4) is 0 Å². The van der Waals surface area contributed by atoms with Gasteiger partial charge < -0.3 is 19.9 Å². The van der Waals surface area contributed by atoms with Gasteiger partial charge in [-0.25, -0.2) is 0 Å². The second-order valence-corrected chi connectivity index (χ2v) is 7.71. The topological polar surface area (TPSA) is 44.8 Å². The number of halogens is 3. The highest BCUT2D eigenvalue weighted by Crippen LogP contribution is 2.37. The van der Waals surface area contributed by atoms with Gasteiger partial charge in [-0.05, 0) is 63.2 Å². The van der Waals surface area contributed by atoms with Crippen LogP contribution in [0, 0.1) is 0 Å². The van der Waals surface area contributed by atoms with Crippen LogP contribution in [0.4, 0.5) is 30.2 Å². The number of nitrogens with one attached hydrogen (secondary N) is 1. The summed E-state index contributed by atoms with van der Waals surface area (Å²) in [5, 5.41) is 2.43. The minimum Gasteiger partial charge on any atom is -0.378 e. The summed E-state index contributed by atoms with van der Waals surface area (Å²) < 4.78 is 46.4. The van der Waals surface area contributed by atoms with Crippen LogP contribution < -0.4 is 15.1 Å². The van der Waals surface area contributed by atoms with Crippen molar-refractivity contribution in [2.45, 2.75) is 33.0 Å². The molecule has 31 heavy (non-hydrogen) atoms. The second-order valence-electron chi connectivity index (χ2n) is 7.71. The molecule has 0 aliphatic carbocycles.